The Morgan fingerprint density at radius 1 is 1.50 bits per heavy atom. The molecule has 1 aliphatic heterocycles. The highest BCUT2D eigenvalue weighted by Crippen LogP contribution is 2.41. The van der Waals surface area contributed by atoms with Gasteiger partial charge < -0.3 is 14.5 Å². The summed E-state index contributed by atoms with van der Waals surface area (Å²) in [7, 11) is 1.70. The van der Waals surface area contributed by atoms with E-state index in [2.05, 4.69) is 17.9 Å². The lowest BCUT2D eigenvalue weighted by Crippen LogP contribution is -2.23. The summed E-state index contributed by atoms with van der Waals surface area (Å²) in [5, 5.41) is 0. The molecule has 2 N–H and O–H groups in total. The maximum atomic E-state index is 5.40. The normalized spacial score (nSPS) is 18.7. The highest BCUT2D eigenvalue weighted by Gasteiger charge is 2.30. The summed E-state index contributed by atoms with van der Waals surface area (Å²) < 4.78 is 5.40. The first-order valence-corrected chi connectivity index (χ1v) is 5.55. The van der Waals surface area contributed by atoms with Gasteiger partial charge in [-0.1, -0.05) is 6.07 Å². The summed E-state index contributed by atoms with van der Waals surface area (Å²) in [6, 6.07) is 6.13. The van der Waals surface area contributed by atoms with Crippen molar-refractivity contribution in [1.29, 1.82) is 0 Å². The third-order valence-electron chi connectivity index (χ3n) is 3.13. The van der Waals surface area contributed by atoms with Gasteiger partial charge in [-0.15, -0.1) is 0 Å². The number of benzene rings is 1. The first-order valence-electron chi connectivity index (χ1n) is 5.55. The van der Waals surface area contributed by atoms with E-state index in [4.69, 9.17) is 15.5 Å². The van der Waals surface area contributed by atoms with Gasteiger partial charge in [0.1, 0.15) is 5.75 Å². The van der Waals surface area contributed by atoms with Gasteiger partial charge in [0, 0.05) is 30.3 Å². The second kappa shape index (κ2) is 4.72. The molecule has 1 unspecified atom stereocenters. The van der Waals surface area contributed by atoms with Crippen LogP contribution in [0.3, 0.4) is 0 Å². The molecule has 0 amide bonds. The Morgan fingerprint density at radius 3 is 2.94 bits per heavy atom. The SMILES string of the molecule is CCN1CC(CON)c2c(OC)cccc21. The van der Waals surface area contributed by atoms with Crippen LogP contribution >= 0.6 is 0 Å². The van der Waals surface area contributed by atoms with Crippen molar-refractivity contribution in [3.63, 3.8) is 0 Å². The molecule has 16 heavy (non-hydrogen) atoms. The molecule has 1 heterocycles. The van der Waals surface area contributed by atoms with Crippen LogP contribution in [0.5, 0.6) is 5.75 Å². The van der Waals surface area contributed by atoms with Crippen LogP contribution in [0.15, 0.2) is 18.2 Å². The molecule has 0 spiro atoms. The van der Waals surface area contributed by atoms with Crippen LogP contribution in [0.2, 0.25) is 0 Å². The van der Waals surface area contributed by atoms with Crippen molar-refractivity contribution < 1.29 is 9.57 Å². The van der Waals surface area contributed by atoms with Crippen LogP contribution in [0.4, 0.5) is 5.69 Å². The van der Waals surface area contributed by atoms with E-state index in [0.29, 0.717) is 12.5 Å². The lowest BCUT2D eigenvalue weighted by molar-refractivity contribution is 0.125. The smallest absolute Gasteiger partial charge is 0.124 e. The van der Waals surface area contributed by atoms with E-state index in [0.717, 1.165) is 18.8 Å². The van der Waals surface area contributed by atoms with E-state index in [1.165, 1.54) is 11.3 Å². The number of nitrogens with two attached hydrogens (primary N) is 1. The average Bonchev–Trinajstić information content (AvgIpc) is 2.68. The number of anilines is 1. The lowest BCUT2D eigenvalue weighted by atomic mass is 10.0. The molecule has 0 saturated carbocycles. The van der Waals surface area contributed by atoms with Gasteiger partial charge in [0.2, 0.25) is 0 Å². The van der Waals surface area contributed by atoms with E-state index < -0.39 is 0 Å². The van der Waals surface area contributed by atoms with Crippen LogP contribution in [-0.2, 0) is 4.84 Å². The highest BCUT2D eigenvalue weighted by molar-refractivity contribution is 5.65. The summed E-state index contributed by atoms with van der Waals surface area (Å²) in [5.74, 6) is 6.41. The Morgan fingerprint density at radius 2 is 2.31 bits per heavy atom. The minimum Gasteiger partial charge on any atom is -0.496 e. The monoisotopic (exact) mass is 222 g/mol. The molecule has 1 aromatic rings. The van der Waals surface area contributed by atoms with Crippen molar-refractivity contribution >= 4 is 5.69 Å². The van der Waals surface area contributed by atoms with E-state index in [-0.39, 0.29) is 0 Å². The van der Waals surface area contributed by atoms with Crippen LogP contribution in [0.25, 0.3) is 0 Å². The zero-order chi connectivity index (χ0) is 11.5. The maximum Gasteiger partial charge on any atom is 0.124 e. The van der Waals surface area contributed by atoms with Crippen molar-refractivity contribution in [3.05, 3.63) is 23.8 Å². The quantitative estimate of drug-likeness (QED) is 0.784. The van der Waals surface area contributed by atoms with Crippen molar-refractivity contribution in [2.45, 2.75) is 12.8 Å². The number of fused-ring (bicyclic) bond motifs is 1. The minimum absolute atomic E-state index is 0.302. The maximum absolute atomic E-state index is 5.40. The zero-order valence-electron chi connectivity index (χ0n) is 9.77. The first kappa shape index (κ1) is 11.2. The zero-order valence-corrected chi connectivity index (χ0v) is 9.77. The molecular weight excluding hydrogens is 204 g/mol. The molecule has 88 valence electrons. The predicted octanol–water partition coefficient (Wildman–Crippen LogP) is 1.51. The van der Waals surface area contributed by atoms with Gasteiger partial charge in [-0.05, 0) is 19.1 Å². The number of methoxy groups -OCH3 is 1. The Kier molecular flexibility index (Phi) is 3.31. The predicted molar refractivity (Wildman–Crippen MR) is 63.8 cm³/mol. The van der Waals surface area contributed by atoms with Gasteiger partial charge in [-0.25, -0.2) is 5.90 Å². The second-order valence-electron chi connectivity index (χ2n) is 3.96. The Balaban J connectivity index is 2.41. The topological polar surface area (TPSA) is 47.7 Å². The van der Waals surface area contributed by atoms with Crippen LogP contribution < -0.4 is 15.5 Å². The molecule has 0 bridgehead atoms. The average molecular weight is 222 g/mol. The third-order valence-corrected chi connectivity index (χ3v) is 3.13. The van der Waals surface area contributed by atoms with Gasteiger partial charge in [-0.3, -0.25) is 0 Å². The Hall–Kier alpha value is -1.26. The first-order chi connectivity index (χ1) is 7.81. The fraction of sp³-hybridized carbons (Fsp3) is 0.500. The van der Waals surface area contributed by atoms with Crippen molar-refractivity contribution in [1.82, 2.24) is 0 Å². The van der Waals surface area contributed by atoms with E-state index in [1.54, 1.807) is 7.11 Å². The summed E-state index contributed by atoms with van der Waals surface area (Å²) in [4.78, 5) is 7.11. The molecule has 1 aliphatic rings. The van der Waals surface area contributed by atoms with E-state index in [1.807, 2.05) is 12.1 Å². The molecular formula is C12H18N2O2. The minimum atomic E-state index is 0.302. The summed E-state index contributed by atoms with van der Waals surface area (Å²) in [6.45, 7) is 4.61. The number of nitrogens with zero attached hydrogens (tertiary/aromatic N) is 1. The van der Waals surface area contributed by atoms with Gasteiger partial charge in [0.15, 0.2) is 0 Å². The van der Waals surface area contributed by atoms with Gasteiger partial charge in [0.05, 0.1) is 13.7 Å². The Bertz CT molecular complexity index is 368. The van der Waals surface area contributed by atoms with Crippen molar-refractivity contribution in [2.24, 2.45) is 5.90 Å². The van der Waals surface area contributed by atoms with Gasteiger partial charge >= 0.3 is 0 Å². The number of hydrogen-bond donors (Lipinski definition) is 1. The highest BCUT2D eigenvalue weighted by atomic mass is 16.6. The molecule has 0 aromatic heterocycles. The summed E-state index contributed by atoms with van der Waals surface area (Å²) in [5.41, 5.74) is 2.46. The molecule has 0 radical (unpaired) electrons. The molecule has 1 atom stereocenters. The summed E-state index contributed by atoms with van der Waals surface area (Å²) >= 11 is 0. The number of ether oxygens (including phenoxy) is 1. The molecule has 4 heteroatoms. The number of likely N-dealkylation sites (N-methyl/N-ethyl adjacent to an activating group) is 1. The van der Waals surface area contributed by atoms with Crippen LogP contribution in [0, 0.1) is 0 Å². The van der Waals surface area contributed by atoms with Gasteiger partial charge in [0.25, 0.3) is 0 Å². The Labute approximate surface area is 95.9 Å². The number of rotatable bonds is 4. The van der Waals surface area contributed by atoms with Crippen molar-refractivity contribution in [2.75, 3.05) is 31.7 Å². The molecule has 2 rings (SSSR count). The fourth-order valence-corrected chi connectivity index (χ4v) is 2.40. The second-order valence-corrected chi connectivity index (χ2v) is 3.96. The number of hydrogen-bond acceptors (Lipinski definition) is 4. The lowest BCUT2D eigenvalue weighted by Gasteiger charge is -2.16. The summed E-state index contributed by atoms with van der Waals surface area (Å²) in [6.07, 6.45) is 0. The fourth-order valence-electron chi connectivity index (χ4n) is 2.40. The molecule has 1 aromatic carbocycles. The van der Waals surface area contributed by atoms with Gasteiger partial charge in [-0.2, -0.15) is 0 Å². The van der Waals surface area contributed by atoms with E-state index in [9.17, 15) is 0 Å². The standard InChI is InChI=1S/C12H18N2O2/c1-3-14-7-9(8-16-13)12-10(14)5-4-6-11(12)15-2/h4-6,9H,3,7-8,13H2,1-2H3. The third kappa shape index (κ3) is 1.74. The molecule has 0 saturated heterocycles. The molecule has 0 aliphatic carbocycles. The molecule has 4 nitrogen and oxygen atoms in total. The van der Waals surface area contributed by atoms with Crippen molar-refractivity contribution in [3.8, 4) is 5.75 Å². The molecule has 0 fully saturated rings. The van der Waals surface area contributed by atoms with Crippen LogP contribution in [0.1, 0.15) is 18.4 Å². The van der Waals surface area contributed by atoms with E-state index >= 15 is 0 Å². The van der Waals surface area contributed by atoms with Crippen LogP contribution in [-0.4, -0.2) is 26.8 Å². The largest absolute Gasteiger partial charge is 0.496 e.